The molecule has 0 aliphatic rings. The van der Waals surface area contributed by atoms with Crippen molar-refractivity contribution in [3.63, 3.8) is 0 Å². The number of esters is 2. The zero-order valence-corrected chi connectivity index (χ0v) is 33.9. The molecule has 0 bridgehead atoms. The van der Waals surface area contributed by atoms with Crippen LogP contribution in [0, 0.1) is 0 Å². The first-order chi connectivity index (χ1) is 25.8. The highest BCUT2D eigenvalue weighted by Gasteiger charge is 2.25. The molecule has 0 aliphatic carbocycles. The van der Waals surface area contributed by atoms with Gasteiger partial charge in [-0.05, 0) is 89.9 Å². The lowest BCUT2D eigenvalue weighted by atomic mass is 10.1. The topological polar surface area (TPSA) is 134 Å². The summed E-state index contributed by atoms with van der Waals surface area (Å²) in [5.41, 5.74) is 5.33. The Morgan fingerprint density at radius 3 is 1.43 bits per heavy atom. The predicted octanol–water partition coefficient (Wildman–Crippen LogP) is 11.3. The monoisotopic (exact) mass is 761 g/mol. The molecule has 2 atom stereocenters. The van der Waals surface area contributed by atoms with Crippen molar-refractivity contribution in [1.82, 2.24) is 0 Å². The van der Waals surface area contributed by atoms with Crippen molar-refractivity contribution in [2.75, 3.05) is 26.4 Å². The van der Waals surface area contributed by atoms with Crippen LogP contribution in [-0.4, -0.2) is 49.3 Å². The Hall–Kier alpha value is -2.81. The minimum atomic E-state index is -4.40. The molecule has 0 saturated carbocycles. The van der Waals surface area contributed by atoms with Gasteiger partial charge in [0.2, 0.25) is 0 Å². The lowest BCUT2D eigenvalue weighted by Crippen LogP contribution is -2.29. The van der Waals surface area contributed by atoms with E-state index >= 15 is 0 Å². The summed E-state index contributed by atoms with van der Waals surface area (Å²) in [4.78, 5) is 34.7. The quantitative estimate of drug-likeness (QED) is 0.0277. The number of phosphoric ester groups is 1. The molecule has 0 fully saturated rings. The number of carbonyl (C=O) groups excluding carboxylic acids is 2. The van der Waals surface area contributed by atoms with Crippen LogP contribution in [-0.2, 0) is 32.7 Å². The average molecular weight is 762 g/mol. The number of ether oxygens (including phenoxy) is 2. The highest BCUT2D eigenvalue weighted by molar-refractivity contribution is 7.47. The van der Waals surface area contributed by atoms with Gasteiger partial charge in [-0.15, -0.1) is 0 Å². The molecule has 0 saturated heterocycles. The second kappa shape index (κ2) is 38.9. The van der Waals surface area contributed by atoms with Crippen LogP contribution >= 0.6 is 7.82 Å². The summed E-state index contributed by atoms with van der Waals surface area (Å²) in [7, 11) is -4.40. The predicted molar refractivity (Wildman–Crippen MR) is 219 cm³/mol. The number of carbonyl (C=O) groups is 2. The van der Waals surface area contributed by atoms with E-state index in [1.165, 1.54) is 44.9 Å². The van der Waals surface area contributed by atoms with E-state index in [1.54, 1.807) is 0 Å². The van der Waals surface area contributed by atoms with E-state index in [0.29, 0.717) is 12.8 Å². The first-order valence-corrected chi connectivity index (χ1v) is 21.6. The summed E-state index contributed by atoms with van der Waals surface area (Å²) >= 11 is 0. The van der Waals surface area contributed by atoms with Crippen molar-refractivity contribution in [3.05, 3.63) is 85.1 Å². The SMILES string of the molecule is CCCCC/C=C\C/C=C\C/C=C\C/C=C\CCCC(=O)OC[C@H](COP(=O)(O)OCCN)OC(=O)CCCC/C=C\C/C=C\C/C=C\CCCCC. The minimum Gasteiger partial charge on any atom is -0.462 e. The molecule has 0 aromatic heterocycles. The fourth-order valence-corrected chi connectivity index (χ4v) is 5.51. The number of nitrogens with two attached hydrogens (primary N) is 1. The maximum absolute atomic E-state index is 12.5. The van der Waals surface area contributed by atoms with E-state index in [2.05, 4.69) is 92.8 Å². The number of hydrogen-bond donors (Lipinski definition) is 2. The van der Waals surface area contributed by atoms with Crippen LogP contribution in [0.4, 0.5) is 0 Å². The van der Waals surface area contributed by atoms with Gasteiger partial charge in [0.05, 0.1) is 13.2 Å². The third-order valence-corrected chi connectivity index (χ3v) is 8.74. The van der Waals surface area contributed by atoms with Crippen LogP contribution in [0.5, 0.6) is 0 Å². The van der Waals surface area contributed by atoms with Gasteiger partial charge in [0.1, 0.15) is 6.61 Å². The highest BCUT2D eigenvalue weighted by atomic mass is 31.2. The third-order valence-electron chi connectivity index (χ3n) is 7.75. The summed E-state index contributed by atoms with van der Waals surface area (Å²) in [5, 5.41) is 0. The largest absolute Gasteiger partial charge is 0.472 e. The third kappa shape index (κ3) is 38.7. The molecule has 3 N–H and O–H groups in total. The Morgan fingerprint density at radius 1 is 0.566 bits per heavy atom. The Bertz CT molecular complexity index is 1140. The minimum absolute atomic E-state index is 0.0355. The Kier molecular flexibility index (Phi) is 36.8. The highest BCUT2D eigenvalue weighted by Crippen LogP contribution is 2.43. The van der Waals surface area contributed by atoms with Gasteiger partial charge in [-0.1, -0.05) is 125 Å². The molecular weight excluding hydrogens is 689 g/mol. The second-order valence-corrected chi connectivity index (χ2v) is 14.2. The molecule has 53 heavy (non-hydrogen) atoms. The summed E-state index contributed by atoms with van der Waals surface area (Å²) in [6.07, 6.45) is 47.6. The van der Waals surface area contributed by atoms with Gasteiger partial charge in [-0.3, -0.25) is 18.6 Å². The van der Waals surface area contributed by atoms with Gasteiger partial charge in [-0.2, -0.15) is 0 Å². The van der Waals surface area contributed by atoms with E-state index in [9.17, 15) is 19.0 Å². The van der Waals surface area contributed by atoms with Crippen molar-refractivity contribution < 1.29 is 37.6 Å². The molecule has 10 heteroatoms. The molecule has 0 aliphatic heterocycles. The van der Waals surface area contributed by atoms with E-state index in [1.807, 2.05) is 6.08 Å². The van der Waals surface area contributed by atoms with E-state index in [-0.39, 0.29) is 32.6 Å². The zero-order valence-electron chi connectivity index (χ0n) is 33.0. The molecule has 0 amide bonds. The van der Waals surface area contributed by atoms with Crippen molar-refractivity contribution in [2.45, 2.75) is 148 Å². The van der Waals surface area contributed by atoms with E-state index < -0.39 is 32.5 Å². The lowest BCUT2D eigenvalue weighted by molar-refractivity contribution is -0.161. The van der Waals surface area contributed by atoms with Crippen LogP contribution in [0.2, 0.25) is 0 Å². The van der Waals surface area contributed by atoms with Gasteiger partial charge < -0.3 is 20.1 Å². The lowest BCUT2D eigenvalue weighted by Gasteiger charge is -2.19. The molecule has 0 aromatic rings. The summed E-state index contributed by atoms with van der Waals surface area (Å²) < 4.78 is 32.6. The summed E-state index contributed by atoms with van der Waals surface area (Å²) in [6, 6.07) is 0. The summed E-state index contributed by atoms with van der Waals surface area (Å²) in [5.74, 6) is -0.950. The van der Waals surface area contributed by atoms with E-state index in [4.69, 9.17) is 24.3 Å². The second-order valence-electron chi connectivity index (χ2n) is 12.8. The van der Waals surface area contributed by atoms with Gasteiger partial charge in [0.25, 0.3) is 0 Å². The van der Waals surface area contributed by atoms with Crippen molar-refractivity contribution in [3.8, 4) is 0 Å². The number of rotatable bonds is 36. The molecule has 0 spiro atoms. The molecular formula is C43H72NO8P. The van der Waals surface area contributed by atoms with Crippen LogP contribution in [0.25, 0.3) is 0 Å². The molecule has 302 valence electrons. The average Bonchev–Trinajstić information content (AvgIpc) is 3.14. The molecule has 9 nitrogen and oxygen atoms in total. The molecule has 0 heterocycles. The van der Waals surface area contributed by atoms with Crippen LogP contribution < -0.4 is 5.73 Å². The van der Waals surface area contributed by atoms with Crippen molar-refractivity contribution in [1.29, 1.82) is 0 Å². The zero-order chi connectivity index (χ0) is 38.9. The molecule has 0 rings (SSSR count). The maximum atomic E-state index is 12.5. The number of phosphoric acid groups is 1. The Balaban J connectivity index is 4.39. The van der Waals surface area contributed by atoms with Gasteiger partial charge in [0.15, 0.2) is 6.10 Å². The van der Waals surface area contributed by atoms with Crippen molar-refractivity contribution >= 4 is 19.8 Å². The Morgan fingerprint density at radius 2 is 0.981 bits per heavy atom. The van der Waals surface area contributed by atoms with Crippen LogP contribution in [0.15, 0.2) is 85.1 Å². The van der Waals surface area contributed by atoms with Gasteiger partial charge >= 0.3 is 19.8 Å². The van der Waals surface area contributed by atoms with Crippen molar-refractivity contribution in [2.24, 2.45) is 5.73 Å². The standard InChI is InChI=1S/C43H72NO8P/c1-3-5-7-9-11-13-15-17-19-20-22-23-25-27-29-31-33-35-42(45)49-39-41(40-51-53(47,48)50-38-37-44)52-43(46)36-34-32-30-28-26-24-21-18-16-14-12-10-8-6-4-2/h11-14,17-19,21-23,26-29,41H,3-10,15-16,20,24-25,30-40,44H2,1-2H3,(H,47,48)/b13-11-,14-12-,19-17-,21-18-,23-22-,28-26-,29-27-/t41-/m1/s1. The number of hydrogen-bond acceptors (Lipinski definition) is 8. The fraction of sp³-hybridized carbons (Fsp3) is 0.628. The normalized spacial score (nSPS) is 14.3. The molecule has 0 radical (unpaired) electrons. The maximum Gasteiger partial charge on any atom is 0.472 e. The molecule has 0 aromatic carbocycles. The molecule has 1 unspecified atom stereocenters. The smallest absolute Gasteiger partial charge is 0.462 e. The van der Waals surface area contributed by atoms with Gasteiger partial charge in [-0.25, -0.2) is 4.57 Å². The number of unbranched alkanes of at least 4 members (excludes halogenated alkanes) is 9. The Labute approximate surface area is 322 Å². The van der Waals surface area contributed by atoms with E-state index in [0.717, 1.165) is 57.8 Å². The fourth-order valence-electron chi connectivity index (χ4n) is 4.75. The van der Waals surface area contributed by atoms with Crippen LogP contribution in [0.1, 0.15) is 142 Å². The first kappa shape index (κ1) is 50.2. The first-order valence-electron chi connectivity index (χ1n) is 20.1. The van der Waals surface area contributed by atoms with Gasteiger partial charge in [0, 0.05) is 19.4 Å². The summed E-state index contributed by atoms with van der Waals surface area (Å²) in [6.45, 7) is 3.53. The van der Waals surface area contributed by atoms with Crippen LogP contribution in [0.3, 0.4) is 0 Å². The number of allylic oxidation sites excluding steroid dienone is 14.